The van der Waals surface area contributed by atoms with Crippen molar-refractivity contribution < 1.29 is 9.53 Å². The first kappa shape index (κ1) is 16.0. The lowest BCUT2D eigenvalue weighted by atomic mass is 9.76. The molecule has 0 aromatic carbocycles. The van der Waals surface area contributed by atoms with E-state index in [1.807, 2.05) is 17.3 Å². The molecule has 1 aromatic heterocycles. The Labute approximate surface area is 144 Å². The maximum absolute atomic E-state index is 13.1. The Hall–Kier alpha value is -1.46. The van der Waals surface area contributed by atoms with Gasteiger partial charge in [0.1, 0.15) is 0 Å². The van der Waals surface area contributed by atoms with E-state index >= 15 is 0 Å². The van der Waals surface area contributed by atoms with E-state index in [-0.39, 0.29) is 11.3 Å². The van der Waals surface area contributed by atoms with Crippen LogP contribution in [0.5, 0.6) is 0 Å². The Kier molecular flexibility index (Phi) is 4.55. The third kappa shape index (κ3) is 3.07. The summed E-state index contributed by atoms with van der Waals surface area (Å²) in [6.07, 6.45) is 8.37. The molecule has 4 rings (SSSR count). The van der Waals surface area contributed by atoms with Gasteiger partial charge >= 0.3 is 0 Å². The highest BCUT2D eigenvalue weighted by Gasteiger charge is 2.51. The van der Waals surface area contributed by atoms with Gasteiger partial charge in [-0.2, -0.15) is 0 Å². The Morgan fingerprint density at radius 1 is 1.21 bits per heavy atom. The van der Waals surface area contributed by atoms with E-state index in [0.29, 0.717) is 19.1 Å². The number of likely N-dealkylation sites (tertiary alicyclic amines) is 1. The molecule has 3 heterocycles. The summed E-state index contributed by atoms with van der Waals surface area (Å²) < 4.78 is 5.41. The molecule has 2 aliphatic heterocycles. The maximum atomic E-state index is 13.1. The van der Waals surface area contributed by atoms with Gasteiger partial charge in [-0.15, -0.1) is 0 Å². The third-order valence-electron chi connectivity index (χ3n) is 6.15. The summed E-state index contributed by atoms with van der Waals surface area (Å²) in [5.74, 6) is 0.611. The predicted octanol–water partition coefficient (Wildman–Crippen LogP) is 1.93. The average Bonchev–Trinajstić information content (AvgIpc) is 3.23. The average molecular weight is 329 g/mol. The highest BCUT2D eigenvalue weighted by Crippen LogP contribution is 2.50. The van der Waals surface area contributed by atoms with Crippen LogP contribution in [-0.2, 0) is 16.1 Å². The highest BCUT2D eigenvalue weighted by molar-refractivity contribution is 5.80. The minimum absolute atomic E-state index is 0.211. The monoisotopic (exact) mass is 329 g/mol. The van der Waals surface area contributed by atoms with Gasteiger partial charge < -0.3 is 9.64 Å². The van der Waals surface area contributed by atoms with Crippen molar-refractivity contribution in [3.8, 4) is 0 Å². The molecule has 2 saturated heterocycles. The van der Waals surface area contributed by atoms with Gasteiger partial charge in [0.2, 0.25) is 5.91 Å². The summed E-state index contributed by atoms with van der Waals surface area (Å²) >= 11 is 0. The zero-order chi connectivity index (χ0) is 16.4. The van der Waals surface area contributed by atoms with Crippen LogP contribution in [0.25, 0.3) is 0 Å². The molecule has 0 radical (unpaired) electrons. The number of nitrogens with zero attached hydrogens (tertiary/aromatic N) is 3. The summed E-state index contributed by atoms with van der Waals surface area (Å²) in [6, 6.07) is 4.19. The molecule has 3 fully saturated rings. The molecule has 5 nitrogen and oxygen atoms in total. The first-order chi connectivity index (χ1) is 11.8. The number of rotatable bonds is 3. The lowest BCUT2D eigenvalue weighted by Gasteiger charge is -2.36. The minimum Gasteiger partial charge on any atom is -0.378 e. The fourth-order valence-corrected chi connectivity index (χ4v) is 4.88. The number of aromatic nitrogens is 1. The summed E-state index contributed by atoms with van der Waals surface area (Å²) in [7, 11) is 0. The molecule has 0 bridgehead atoms. The van der Waals surface area contributed by atoms with Crippen LogP contribution in [0.15, 0.2) is 24.5 Å². The van der Waals surface area contributed by atoms with Gasteiger partial charge in [0.15, 0.2) is 0 Å². The Balaban J connectivity index is 1.43. The molecule has 1 spiro atoms. The van der Waals surface area contributed by atoms with E-state index in [1.54, 1.807) is 0 Å². The first-order valence-corrected chi connectivity index (χ1v) is 9.25. The summed E-state index contributed by atoms with van der Waals surface area (Å²) in [6.45, 7) is 6.07. The molecule has 24 heavy (non-hydrogen) atoms. The molecule has 130 valence electrons. The molecular weight excluding hydrogens is 302 g/mol. The maximum Gasteiger partial charge on any atom is 0.226 e. The van der Waals surface area contributed by atoms with Crippen molar-refractivity contribution in [1.82, 2.24) is 14.8 Å². The number of amides is 1. The smallest absolute Gasteiger partial charge is 0.226 e. The Morgan fingerprint density at radius 2 is 2.00 bits per heavy atom. The predicted molar refractivity (Wildman–Crippen MR) is 91.3 cm³/mol. The Bertz CT molecular complexity index is 573. The number of morpholine rings is 1. The van der Waals surface area contributed by atoms with E-state index in [1.165, 1.54) is 24.8 Å². The molecule has 0 N–H and O–H groups in total. The van der Waals surface area contributed by atoms with Gasteiger partial charge in [-0.25, -0.2) is 0 Å². The van der Waals surface area contributed by atoms with Gasteiger partial charge in [0, 0.05) is 44.5 Å². The Morgan fingerprint density at radius 3 is 2.79 bits per heavy atom. The third-order valence-corrected chi connectivity index (χ3v) is 6.15. The van der Waals surface area contributed by atoms with Crippen molar-refractivity contribution in [3.63, 3.8) is 0 Å². The number of pyridine rings is 1. The standard InChI is InChI=1S/C19H27N3O2/c23-18(22-10-12-24-13-11-22)17-2-1-5-19(17)6-9-21(15-19)14-16-3-7-20-8-4-16/h3-4,7-8,17H,1-2,5-6,9-15H2/t17-,19-/m0/s1. The van der Waals surface area contributed by atoms with Crippen molar-refractivity contribution in [3.05, 3.63) is 30.1 Å². The van der Waals surface area contributed by atoms with Gasteiger partial charge in [-0.1, -0.05) is 6.42 Å². The van der Waals surface area contributed by atoms with Crippen LogP contribution in [-0.4, -0.2) is 60.1 Å². The van der Waals surface area contributed by atoms with Gasteiger partial charge in [-0.3, -0.25) is 14.7 Å². The fourth-order valence-electron chi connectivity index (χ4n) is 4.88. The lowest BCUT2D eigenvalue weighted by molar-refractivity contribution is -0.143. The molecule has 1 saturated carbocycles. The van der Waals surface area contributed by atoms with E-state index < -0.39 is 0 Å². The quantitative estimate of drug-likeness (QED) is 0.850. The van der Waals surface area contributed by atoms with E-state index in [9.17, 15) is 4.79 Å². The van der Waals surface area contributed by atoms with Crippen LogP contribution in [0.4, 0.5) is 0 Å². The van der Waals surface area contributed by atoms with Crippen LogP contribution in [0.3, 0.4) is 0 Å². The molecule has 1 aliphatic carbocycles. The molecule has 1 amide bonds. The second-order valence-electron chi connectivity index (χ2n) is 7.56. The summed E-state index contributed by atoms with van der Waals surface area (Å²) in [4.78, 5) is 21.7. The molecule has 2 atom stereocenters. The van der Waals surface area contributed by atoms with Crippen LogP contribution >= 0.6 is 0 Å². The lowest BCUT2D eigenvalue weighted by Crippen LogP contribution is -2.47. The highest BCUT2D eigenvalue weighted by atomic mass is 16.5. The number of carbonyl (C=O) groups is 1. The van der Waals surface area contributed by atoms with Crippen LogP contribution in [0.1, 0.15) is 31.2 Å². The van der Waals surface area contributed by atoms with E-state index in [2.05, 4.69) is 22.0 Å². The van der Waals surface area contributed by atoms with E-state index in [0.717, 1.165) is 39.1 Å². The summed E-state index contributed by atoms with van der Waals surface area (Å²) in [5.41, 5.74) is 1.53. The second-order valence-corrected chi connectivity index (χ2v) is 7.56. The second kappa shape index (κ2) is 6.81. The van der Waals surface area contributed by atoms with Crippen LogP contribution < -0.4 is 0 Å². The van der Waals surface area contributed by atoms with Crippen LogP contribution in [0, 0.1) is 11.3 Å². The van der Waals surface area contributed by atoms with Gasteiger partial charge in [-0.05, 0) is 48.9 Å². The number of ether oxygens (including phenoxy) is 1. The first-order valence-electron chi connectivity index (χ1n) is 9.25. The number of hydrogen-bond donors (Lipinski definition) is 0. The van der Waals surface area contributed by atoms with Crippen molar-refractivity contribution in [1.29, 1.82) is 0 Å². The number of carbonyl (C=O) groups excluding carboxylic acids is 1. The summed E-state index contributed by atoms with van der Waals surface area (Å²) in [5, 5.41) is 0. The van der Waals surface area contributed by atoms with Crippen molar-refractivity contribution in [2.75, 3.05) is 39.4 Å². The fraction of sp³-hybridized carbons (Fsp3) is 0.684. The molecule has 5 heteroatoms. The molecular formula is C19H27N3O2. The largest absolute Gasteiger partial charge is 0.378 e. The van der Waals surface area contributed by atoms with Crippen molar-refractivity contribution in [2.45, 2.75) is 32.2 Å². The zero-order valence-electron chi connectivity index (χ0n) is 14.3. The molecule has 0 unspecified atom stereocenters. The van der Waals surface area contributed by atoms with Crippen molar-refractivity contribution in [2.24, 2.45) is 11.3 Å². The molecule has 1 aromatic rings. The van der Waals surface area contributed by atoms with E-state index in [4.69, 9.17) is 4.74 Å². The SMILES string of the molecule is O=C([C@@H]1CCC[C@@]12CCN(Cc1ccncc1)C2)N1CCOCC1. The zero-order valence-corrected chi connectivity index (χ0v) is 14.3. The topological polar surface area (TPSA) is 45.7 Å². The van der Waals surface area contributed by atoms with Gasteiger partial charge in [0.25, 0.3) is 0 Å². The normalized spacial score (nSPS) is 31.0. The minimum atomic E-state index is 0.211. The van der Waals surface area contributed by atoms with Crippen molar-refractivity contribution >= 4 is 5.91 Å². The molecule has 3 aliphatic rings. The van der Waals surface area contributed by atoms with Gasteiger partial charge in [0.05, 0.1) is 13.2 Å². The number of hydrogen-bond acceptors (Lipinski definition) is 4. The van der Waals surface area contributed by atoms with Crippen LogP contribution in [0.2, 0.25) is 0 Å².